The number of sulfonamides is 1. The van der Waals surface area contributed by atoms with Crippen molar-refractivity contribution in [2.45, 2.75) is 31.8 Å². The van der Waals surface area contributed by atoms with Crippen molar-refractivity contribution in [3.8, 4) is 0 Å². The molecular weight excluding hydrogens is 278 g/mol. The molecule has 1 aromatic heterocycles. The van der Waals surface area contributed by atoms with Crippen molar-refractivity contribution < 1.29 is 12.9 Å². The van der Waals surface area contributed by atoms with E-state index in [0.29, 0.717) is 12.2 Å². The number of nitrogens with one attached hydrogen (secondary N) is 1. The van der Waals surface area contributed by atoms with Crippen LogP contribution in [0.25, 0.3) is 0 Å². The number of hydrogen-bond acceptors (Lipinski definition) is 5. The Labute approximate surface area is 118 Å². The Kier molecular flexibility index (Phi) is 4.22. The fraction of sp³-hybridized carbons (Fsp3) is 0.308. The topological polar surface area (TPSA) is 98.2 Å². The minimum atomic E-state index is -3.61. The minimum absolute atomic E-state index is 0.0875. The van der Waals surface area contributed by atoms with Crippen molar-refractivity contribution in [3.63, 3.8) is 0 Å². The molecule has 1 aromatic carbocycles. The maximum Gasteiger partial charge on any atom is 0.241 e. The molecule has 7 heteroatoms. The lowest BCUT2D eigenvalue weighted by Crippen LogP contribution is -2.24. The Morgan fingerprint density at radius 3 is 2.70 bits per heavy atom. The summed E-state index contributed by atoms with van der Waals surface area (Å²) in [6.07, 6.45) is 1.40. The van der Waals surface area contributed by atoms with E-state index in [-0.39, 0.29) is 11.4 Å². The van der Waals surface area contributed by atoms with Gasteiger partial charge < -0.3 is 10.3 Å². The van der Waals surface area contributed by atoms with Gasteiger partial charge >= 0.3 is 0 Å². The average molecular weight is 295 g/mol. The highest BCUT2D eigenvalue weighted by Crippen LogP contribution is 2.21. The standard InChI is InChI=1S/C13H17N3O3S/c1-9-5-11(7-14)6-13(10(9)2)20(17,18)15-8-12-3-4-19-16-12/h3-6,15H,7-8,14H2,1-2H3. The molecule has 0 fully saturated rings. The van der Waals surface area contributed by atoms with Crippen molar-refractivity contribution in [3.05, 3.63) is 46.8 Å². The van der Waals surface area contributed by atoms with E-state index < -0.39 is 10.0 Å². The first kappa shape index (κ1) is 14.7. The van der Waals surface area contributed by atoms with E-state index in [1.54, 1.807) is 19.1 Å². The molecule has 0 aliphatic heterocycles. The van der Waals surface area contributed by atoms with E-state index in [0.717, 1.165) is 16.7 Å². The van der Waals surface area contributed by atoms with E-state index >= 15 is 0 Å². The highest BCUT2D eigenvalue weighted by atomic mass is 32.2. The van der Waals surface area contributed by atoms with Crippen LogP contribution in [0.3, 0.4) is 0 Å². The fourth-order valence-electron chi connectivity index (χ4n) is 1.87. The van der Waals surface area contributed by atoms with Gasteiger partial charge in [0.05, 0.1) is 17.1 Å². The third kappa shape index (κ3) is 3.06. The maximum absolute atomic E-state index is 12.4. The second-order valence-corrected chi connectivity index (χ2v) is 6.29. The van der Waals surface area contributed by atoms with Crippen LogP contribution < -0.4 is 10.5 Å². The Bertz CT molecular complexity index is 694. The molecule has 0 spiro atoms. The monoisotopic (exact) mass is 295 g/mol. The summed E-state index contributed by atoms with van der Waals surface area (Å²) in [4.78, 5) is 0.251. The van der Waals surface area contributed by atoms with Crippen LogP contribution in [0, 0.1) is 13.8 Å². The van der Waals surface area contributed by atoms with E-state index in [2.05, 4.69) is 14.4 Å². The third-order valence-corrected chi connectivity index (χ3v) is 4.67. The fourth-order valence-corrected chi connectivity index (χ4v) is 3.24. The summed E-state index contributed by atoms with van der Waals surface area (Å²) < 4.78 is 31.9. The van der Waals surface area contributed by atoms with Crippen molar-refractivity contribution in [1.29, 1.82) is 0 Å². The van der Waals surface area contributed by atoms with Crippen LogP contribution in [0.5, 0.6) is 0 Å². The second-order valence-electron chi connectivity index (χ2n) is 4.56. The average Bonchev–Trinajstić information content (AvgIpc) is 2.92. The zero-order valence-electron chi connectivity index (χ0n) is 11.4. The van der Waals surface area contributed by atoms with Gasteiger partial charge in [0, 0.05) is 12.6 Å². The minimum Gasteiger partial charge on any atom is -0.364 e. The molecule has 0 saturated carbocycles. The molecule has 6 nitrogen and oxygen atoms in total. The van der Waals surface area contributed by atoms with Gasteiger partial charge in [-0.25, -0.2) is 13.1 Å². The number of aryl methyl sites for hydroxylation is 1. The first-order chi connectivity index (χ1) is 9.44. The summed E-state index contributed by atoms with van der Waals surface area (Å²) >= 11 is 0. The molecule has 0 unspecified atom stereocenters. The van der Waals surface area contributed by atoms with Gasteiger partial charge in [0.1, 0.15) is 6.26 Å². The molecular formula is C13H17N3O3S. The zero-order chi connectivity index (χ0) is 14.8. The second kappa shape index (κ2) is 5.74. The lowest BCUT2D eigenvalue weighted by atomic mass is 10.1. The molecule has 0 saturated heterocycles. The number of nitrogens with two attached hydrogens (primary N) is 1. The van der Waals surface area contributed by atoms with Gasteiger partial charge in [-0.1, -0.05) is 11.2 Å². The molecule has 0 radical (unpaired) electrons. The molecule has 1 heterocycles. The number of nitrogens with zero attached hydrogens (tertiary/aromatic N) is 1. The van der Waals surface area contributed by atoms with Gasteiger partial charge in [-0.15, -0.1) is 0 Å². The van der Waals surface area contributed by atoms with Crippen molar-refractivity contribution in [2.75, 3.05) is 0 Å². The molecule has 0 amide bonds. The van der Waals surface area contributed by atoms with Crippen LogP contribution in [0.1, 0.15) is 22.4 Å². The van der Waals surface area contributed by atoms with Gasteiger partial charge in [-0.3, -0.25) is 0 Å². The van der Waals surface area contributed by atoms with E-state index in [4.69, 9.17) is 5.73 Å². The first-order valence-corrected chi connectivity index (χ1v) is 7.61. The lowest BCUT2D eigenvalue weighted by molar-refractivity contribution is 0.411. The predicted molar refractivity (Wildman–Crippen MR) is 74.3 cm³/mol. The summed E-state index contributed by atoms with van der Waals surface area (Å²) in [6.45, 7) is 4.03. The molecule has 108 valence electrons. The van der Waals surface area contributed by atoms with E-state index in [9.17, 15) is 8.42 Å². The van der Waals surface area contributed by atoms with Crippen molar-refractivity contribution in [2.24, 2.45) is 5.73 Å². The van der Waals surface area contributed by atoms with Crippen LogP contribution >= 0.6 is 0 Å². The molecule has 0 aliphatic rings. The molecule has 2 aromatic rings. The number of aromatic nitrogens is 1. The Morgan fingerprint density at radius 1 is 1.35 bits per heavy atom. The largest absolute Gasteiger partial charge is 0.364 e. The maximum atomic E-state index is 12.4. The Morgan fingerprint density at radius 2 is 2.10 bits per heavy atom. The van der Waals surface area contributed by atoms with Crippen molar-refractivity contribution >= 4 is 10.0 Å². The lowest BCUT2D eigenvalue weighted by Gasteiger charge is -2.12. The Hall–Kier alpha value is -1.70. The smallest absolute Gasteiger partial charge is 0.241 e. The molecule has 3 N–H and O–H groups in total. The van der Waals surface area contributed by atoms with Crippen molar-refractivity contribution in [1.82, 2.24) is 9.88 Å². The third-order valence-electron chi connectivity index (χ3n) is 3.14. The molecule has 20 heavy (non-hydrogen) atoms. The predicted octanol–water partition coefficient (Wildman–Crippen LogP) is 1.23. The Balaban J connectivity index is 2.31. The van der Waals surface area contributed by atoms with Gasteiger partial charge in [0.2, 0.25) is 10.0 Å². The van der Waals surface area contributed by atoms with Crippen LogP contribution in [-0.2, 0) is 23.1 Å². The van der Waals surface area contributed by atoms with Gasteiger partial charge in [-0.2, -0.15) is 0 Å². The number of hydrogen-bond donors (Lipinski definition) is 2. The molecule has 2 rings (SSSR count). The normalized spacial score (nSPS) is 11.8. The summed E-state index contributed by atoms with van der Waals surface area (Å²) in [7, 11) is -3.61. The zero-order valence-corrected chi connectivity index (χ0v) is 12.2. The molecule has 0 atom stereocenters. The number of benzene rings is 1. The summed E-state index contributed by atoms with van der Waals surface area (Å²) in [6, 6.07) is 5.11. The van der Waals surface area contributed by atoms with Crippen LogP contribution in [-0.4, -0.2) is 13.6 Å². The van der Waals surface area contributed by atoms with Crippen LogP contribution in [0.15, 0.2) is 33.9 Å². The highest BCUT2D eigenvalue weighted by Gasteiger charge is 2.19. The first-order valence-electron chi connectivity index (χ1n) is 6.13. The SMILES string of the molecule is Cc1cc(CN)cc(S(=O)(=O)NCc2ccon2)c1C. The molecule has 0 bridgehead atoms. The quantitative estimate of drug-likeness (QED) is 0.864. The van der Waals surface area contributed by atoms with E-state index in [1.807, 2.05) is 13.0 Å². The van der Waals surface area contributed by atoms with E-state index in [1.165, 1.54) is 6.26 Å². The summed E-state index contributed by atoms with van der Waals surface area (Å²) in [5.74, 6) is 0. The van der Waals surface area contributed by atoms with Crippen LogP contribution in [0.2, 0.25) is 0 Å². The number of rotatable bonds is 5. The van der Waals surface area contributed by atoms with Gasteiger partial charge in [0.25, 0.3) is 0 Å². The highest BCUT2D eigenvalue weighted by molar-refractivity contribution is 7.89. The summed E-state index contributed by atoms with van der Waals surface area (Å²) in [5.41, 5.74) is 8.52. The van der Waals surface area contributed by atoms with Gasteiger partial charge in [-0.05, 0) is 36.6 Å². The molecule has 0 aliphatic carbocycles. The van der Waals surface area contributed by atoms with Gasteiger partial charge in [0.15, 0.2) is 0 Å². The summed E-state index contributed by atoms with van der Waals surface area (Å²) in [5, 5.41) is 3.66. The van der Waals surface area contributed by atoms with Crippen LogP contribution in [0.4, 0.5) is 0 Å².